The standard InChI is InChI=1S/C17H19ClN2O3S/c1-17(2,3)19-16(21)12-4-10-15(11-5-12)24(22,23)20-14-8-6-13(18)7-9-14/h4-11,20H,1-3H3,(H,19,21). The summed E-state index contributed by atoms with van der Waals surface area (Å²) in [5.74, 6) is -0.253. The van der Waals surface area contributed by atoms with Crippen LogP contribution < -0.4 is 10.0 Å². The Hall–Kier alpha value is -2.05. The summed E-state index contributed by atoms with van der Waals surface area (Å²) in [5, 5.41) is 3.34. The zero-order valence-corrected chi connectivity index (χ0v) is 15.2. The Labute approximate surface area is 147 Å². The number of anilines is 1. The van der Waals surface area contributed by atoms with Crippen LogP contribution in [-0.2, 0) is 10.0 Å². The fraction of sp³-hybridized carbons (Fsp3) is 0.235. The van der Waals surface area contributed by atoms with E-state index in [1.807, 2.05) is 20.8 Å². The minimum atomic E-state index is -3.73. The van der Waals surface area contributed by atoms with E-state index in [9.17, 15) is 13.2 Å². The number of halogens is 1. The second-order valence-electron chi connectivity index (χ2n) is 6.34. The van der Waals surface area contributed by atoms with Crippen LogP contribution in [0.15, 0.2) is 53.4 Å². The molecule has 7 heteroatoms. The van der Waals surface area contributed by atoms with Crippen LogP contribution in [-0.4, -0.2) is 19.9 Å². The molecule has 0 aliphatic heterocycles. The van der Waals surface area contributed by atoms with E-state index < -0.39 is 10.0 Å². The molecule has 0 spiro atoms. The molecule has 0 radical (unpaired) electrons. The maximum atomic E-state index is 12.4. The lowest BCUT2D eigenvalue weighted by atomic mass is 10.1. The topological polar surface area (TPSA) is 75.3 Å². The second kappa shape index (κ2) is 6.83. The summed E-state index contributed by atoms with van der Waals surface area (Å²) in [6.07, 6.45) is 0. The average molecular weight is 367 g/mol. The number of hydrogen-bond donors (Lipinski definition) is 2. The van der Waals surface area contributed by atoms with Crippen LogP contribution in [0.5, 0.6) is 0 Å². The van der Waals surface area contributed by atoms with Crippen LogP contribution in [0.25, 0.3) is 0 Å². The van der Waals surface area contributed by atoms with Gasteiger partial charge in [0.05, 0.1) is 4.90 Å². The lowest BCUT2D eigenvalue weighted by molar-refractivity contribution is 0.0919. The summed E-state index contributed by atoms with van der Waals surface area (Å²) in [5.41, 5.74) is 0.446. The van der Waals surface area contributed by atoms with Gasteiger partial charge in [0.1, 0.15) is 0 Å². The third-order valence-electron chi connectivity index (χ3n) is 3.01. The Kier molecular flexibility index (Phi) is 5.20. The van der Waals surface area contributed by atoms with Crippen LogP contribution >= 0.6 is 11.6 Å². The highest BCUT2D eigenvalue weighted by Gasteiger charge is 2.18. The van der Waals surface area contributed by atoms with Gasteiger partial charge in [0.25, 0.3) is 15.9 Å². The van der Waals surface area contributed by atoms with Crippen molar-refractivity contribution in [2.24, 2.45) is 0 Å². The van der Waals surface area contributed by atoms with E-state index in [1.54, 1.807) is 24.3 Å². The van der Waals surface area contributed by atoms with Crippen molar-refractivity contribution in [2.75, 3.05) is 4.72 Å². The molecule has 0 aromatic heterocycles. The molecular weight excluding hydrogens is 348 g/mol. The molecule has 24 heavy (non-hydrogen) atoms. The van der Waals surface area contributed by atoms with E-state index in [4.69, 9.17) is 11.6 Å². The van der Waals surface area contributed by atoms with Crippen LogP contribution in [0.3, 0.4) is 0 Å². The van der Waals surface area contributed by atoms with Gasteiger partial charge < -0.3 is 5.32 Å². The molecule has 0 aliphatic rings. The first kappa shape index (κ1) is 18.3. The molecule has 2 aromatic carbocycles. The molecule has 1 amide bonds. The first-order valence-corrected chi connectivity index (χ1v) is 9.14. The number of amides is 1. The summed E-state index contributed by atoms with van der Waals surface area (Å²) in [7, 11) is -3.73. The van der Waals surface area contributed by atoms with Crippen LogP contribution in [0, 0.1) is 0 Å². The largest absolute Gasteiger partial charge is 0.347 e. The van der Waals surface area contributed by atoms with Gasteiger partial charge in [0.15, 0.2) is 0 Å². The van der Waals surface area contributed by atoms with Crippen molar-refractivity contribution in [2.45, 2.75) is 31.2 Å². The lowest BCUT2D eigenvalue weighted by Crippen LogP contribution is -2.40. The summed E-state index contributed by atoms with van der Waals surface area (Å²) in [4.78, 5) is 12.1. The van der Waals surface area contributed by atoms with Gasteiger partial charge in [-0.3, -0.25) is 9.52 Å². The van der Waals surface area contributed by atoms with Gasteiger partial charge >= 0.3 is 0 Å². The molecule has 0 unspecified atom stereocenters. The number of carbonyl (C=O) groups excluding carboxylic acids is 1. The molecule has 0 saturated heterocycles. The van der Waals surface area contributed by atoms with Crippen LogP contribution in [0.2, 0.25) is 5.02 Å². The Morgan fingerprint density at radius 1 is 0.958 bits per heavy atom. The van der Waals surface area contributed by atoms with Crippen molar-refractivity contribution in [1.82, 2.24) is 5.32 Å². The predicted molar refractivity (Wildman–Crippen MR) is 95.9 cm³/mol. The molecule has 0 bridgehead atoms. The first-order chi connectivity index (χ1) is 11.1. The molecule has 5 nitrogen and oxygen atoms in total. The van der Waals surface area contributed by atoms with Gasteiger partial charge in [-0.15, -0.1) is 0 Å². The number of nitrogens with one attached hydrogen (secondary N) is 2. The fourth-order valence-electron chi connectivity index (χ4n) is 1.93. The summed E-state index contributed by atoms with van der Waals surface area (Å²) in [6, 6.07) is 12.1. The van der Waals surface area contributed by atoms with Crippen LogP contribution in [0.1, 0.15) is 31.1 Å². The Balaban J connectivity index is 2.17. The third kappa shape index (κ3) is 4.97. The molecule has 0 heterocycles. The quantitative estimate of drug-likeness (QED) is 0.866. The Morgan fingerprint density at radius 3 is 2.00 bits per heavy atom. The van der Waals surface area contributed by atoms with Gasteiger partial charge in [0.2, 0.25) is 0 Å². The highest BCUT2D eigenvalue weighted by molar-refractivity contribution is 7.92. The zero-order valence-electron chi connectivity index (χ0n) is 13.6. The fourth-order valence-corrected chi connectivity index (χ4v) is 3.11. The third-order valence-corrected chi connectivity index (χ3v) is 4.66. The monoisotopic (exact) mass is 366 g/mol. The van der Waals surface area contributed by atoms with Crippen molar-refractivity contribution < 1.29 is 13.2 Å². The lowest BCUT2D eigenvalue weighted by Gasteiger charge is -2.20. The molecule has 2 rings (SSSR count). The first-order valence-electron chi connectivity index (χ1n) is 7.28. The molecule has 0 atom stereocenters. The summed E-state index contributed by atoms with van der Waals surface area (Å²) < 4.78 is 27.2. The molecule has 128 valence electrons. The number of benzene rings is 2. The van der Waals surface area contributed by atoms with E-state index in [-0.39, 0.29) is 16.3 Å². The van der Waals surface area contributed by atoms with Crippen molar-refractivity contribution in [3.63, 3.8) is 0 Å². The van der Waals surface area contributed by atoms with E-state index in [1.165, 1.54) is 24.3 Å². The normalized spacial score (nSPS) is 11.8. The number of rotatable bonds is 4. The van der Waals surface area contributed by atoms with Crippen LogP contribution in [0.4, 0.5) is 5.69 Å². The van der Waals surface area contributed by atoms with Gasteiger partial charge in [-0.2, -0.15) is 0 Å². The van der Waals surface area contributed by atoms with E-state index in [0.29, 0.717) is 16.3 Å². The Morgan fingerprint density at radius 2 is 1.50 bits per heavy atom. The minimum Gasteiger partial charge on any atom is -0.347 e. The summed E-state index contributed by atoms with van der Waals surface area (Å²) >= 11 is 5.78. The SMILES string of the molecule is CC(C)(C)NC(=O)c1ccc(S(=O)(=O)Nc2ccc(Cl)cc2)cc1. The Bertz CT molecular complexity index is 824. The van der Waals surface area contributed by atoms with Crippen molar-refractivity contribution in [3.8, 4) is 0 Å². The summed E-state index contributed by atoms with van der Waals surface area (Å²) in [6.45, 7) is 5.62. The average Bonchev–Trinajstić information content (AvgIpc) is 2.48. The van der Waals surface area contributed by atoms with Crippen molar-refractivity contribution in [1.29, 1.82) is 0 Å². The second-order valence-corrected chi connectivity index (χ2v) is 8.46. The van der Waals surface area contributed by atoms with E-state index in [0.717, 1.165) is 0 Å². The van der Waals surface area contributed by atoms with Gasteiger partial charge in [0, 0.05) is 21.8 Å². The van der Waals surface area contributed by atoms with Gasteiger partial charge in [-0.25, -0.2) is 8.42 Å². The number of sulfonamides is 1. The maximum absolute atomic E-state index is 12.4. The van der Waals surface area contributed by atoms with Crippen molar-refractivity contribution in [3.05, 3.63) is 59.1 Å². The van der Waals surface area contributed by atoms with E-state index >= 15 is 0 Å². The molecule has 2 N–H and O–H groups in total. The highest BCUT2D eigenvalue weighted by atomic mass is 35.5. The molecular formula is C17H19ClN2O3S. The predicted octanol–water partition coefficient (Wildman–Crippen LogP) is 3.67. The van der Waals surface area contributed by atoms with Crippen molar-refractivity contribution >= 4 is 33.2 Å². The molecule has 0 saturated carbocycles. The highest BCUT2D eigenvalue weighted by Crippen LogP contribution is 2.19. The minimum absolute atomic E-state index is 0.0739. The number of hydrogen-bond acceptors (Lipinski definition) is 3. The smallest absolute Gasteiger partial charge is 0.261 e. The zero-order chi connectivity index (χ0) is 18.0. The molecule has 0 aliphatic carbocycles. The molecule has 2 aromatic rings. The maximum Gasteiger partial charge on any atom is 0.261 e. The van der Waals surface area contributed by atoms with Gasteiger partial charge in [-0.05, 0) is 69.3 Å². The molecule has 0 fully saturated rings. The number of carbonyl (C=O) groups is 1. The van der Waals surface area contributed by atoms with E-state index in [2.05, 4.69) is 10.0 Å². The van der Waals surface area contributed by atoms with Gasteiger partial charge in [-0.1, -0.05) is 11.6 Å².